The van der Waals surface area contributed by atoms with E-state index in [2.05, 4.69) is 10.6 Å². The molecular formula is C22H30ClN3O4. The van der Waals surface area contributed by atoms with Gasteiger partial charge in [0.15, 0.2) is 6.61 Å². The zero-order chi connectivity index (χ0) is 21.4. The van der Waals surface area contributed by atoms with Crippen LogP contribution in [0.25, 0.3) is 0 Å². The highest BCUT2D eigenvalue weighted by atomic mass is 35.5. The largest absolute Gasteiger partial charge is 0.497 e. The first kappa shape index (κ1) is 25.3. The molecular weight excluding hydrogens is 406 g/mol. The van der Waals surface area contributed by atoms with Crippen LogP contribution in [0.15, 0.2) is 48.5 Å². The van der Waals surface area contributed by atoms with Gasteiger partial charge in [0.05, 0.1) is 12.6 Å². The van der Waals surface area contributed by atoms with Crippen molar-refractivity contribution in [3.63, 3.8) is 0 Å². The average molecular weight is 436 g/mol. The van der Waals surface area contributed by atoms with E-state index >= 15 is 0 Å². The second-order valence-electron chi connectivity index (χ2n) is 7.32. The quantitative estimate of drug-likeness (QED) is 0.561. The van der Waals surface area contributed by atoms with Gasteiger partial charge in [0, 0.05) is 23.9 Å². The number of ether oxygens (including phenoxy) is 2. The van der Waals surface area contributed by atoms with Crippen molar-refractivity contribution >= 4 is 29.9 Å². The van der Waals surface area contributed by atoms with Crippen LogP contribution in [-0.4, -0.2) is 37.6 Å². The molecule has 0 spiro atoms. The number of nitrogens with two attached hydrogens (primary N) is 1. The van der Waals surface area contributed by atoms with Crippen molar-refractivity contribution in [2.75, 3.05) is 25.6 Å². The maximum atomic E-state index is 12.5. The van der Waals surface area contributed by atoms with Crippen molar-refractivity contribution in [3.05, 3.63) is 54.1 Å². The summed E-state index contributed by atoms with van der Waals surface area (Å²) in [6.45, 7) is 6.15. The Hall–Kier alpha value is -2.77. The minimum atomic E-state index is -0.482. The second kappa shape index (κ2) is 11.4. The summed E-state index contributed by atoms with van der Waals surface area (Å²) >= 11 is 0. The normalized spacial score (nSPS) is 12.3. The molecule has 0 fully saturated rings. The minimum absolute atomic E-state index is 0. The third-order valence-electron chi connectivity index (χ3n) is 4.94. The zero-order valence-corrected chi connectivity index (χ0v) is 18.5. The van der Waals surface area contributed by atoms with Crippen molar-refractivity contribution in [3.8, 4) is 11.5 Å². The maximum Gasteiger partial charge on any atom is 0.262 e. The number of methoxy groups -OCH3 is 1. The summed E-state index contributed by atoms with van der Waals surface area (Å²) < 4.78 is 10.6. The Balaban J connectivity index is 0.00000450. The number of amides is 2. The number of nitrogens with one attached hydrogen (secondary N) is 2. The lowest BCUT2D eigenvalue weighted by Crippen LogP contribution is -2.55. The van der Waals surface area contributed by atoms with E-state index in [1.54, 1.807) is 55.6 Å². The third-order valence-corrected chi connectivity index (χ3v) is 4.94. The highest BCUT2D eigenvalue weighted by Gasteiger charge is 2.28. The van der Waals surface area contributed by atoms with Crippen molar-refractivity contribution < 1.29 is 19.1 Å². The first-order valence-electron chi connectivity index (χ1n) is 9.46. The molecule has 0 aliphatic heterocycles. The molecule has 8 heteroatoms. The average Bonchev–Trinajstić information content (AvgIpc) is 2.72. The molecule has 0 saturated heterocycles. The molecule has 2 aromatic rings. The first-order chi connectivity index (χ1) is 13.8. The summed E-state index contributed by atoms with van der Waals surface area (Å²) in [5.74, 6) is 0.848. The van der Waals surface area contributed by atoms with Gasteiger partial charge in [-0.2, -0.15) is 0 Å². The van der Waals surface area contributed by atoms with Crippen LogP contribution in [0.5, 0.6) is 11.5 Å². The van der Waals surface area contributed by atoms with Crippen LogP contribution in [0.2, 0.25) is 0 Å². The molecule has 0 aliphatic carbocycles. The predicted octanol–water partition coefficient (Wildman–Crippen LogP) is 3.24. The lowest BCUT2D eigenvalue weighted by atomic mass is 9.88. The van der Waals surface area contributed by atoms with E-state index in [4.69, 9.17) is 15.2 Å². The molecule has 0 heterocycles. The van der Waals surface area contributed by atoms with Gasteiger partial charge in [0.2, 0.25) is 0 Å². The third kappa shape index (κ3) is 6.93. The Labute approximate surface area is 183 Å². The summed E-state index contributed by atoms with van der Waals surface area (Å²) in [4.78, 5) is 24.5. The lowest BCUT2D eigenvalue weighted by molar-refractivity contribution is -0.118. The van der Waals surface area contributed by atoms with E-state index < -0.39 is 5.54 Å². The second-order valence-corrected chi connectivity index (χ2v) is 7.32. The standard InChI is InChI=1S/C22H29N3O4.ClH/c1-15(2)22(3,14-23)25-21(27)16-8-10-18(11-9-16)29-13-20(26)24-17-6-5-7-19(12-17)28-4;/h5-12,15H,13-14,23H2,1-4H3,(H,24,26)(H,25,27);1H. The molecule has 2 amide bonds. The Morgan fingerprint density at radius 3 is 2.33 bits per heavy atom. The maximum absolute atomic E-state index is 12.5. The van der Waals surface area contributed by atoms with Crippen LogP contribution in [-0.2, 0) is 4.79 Å². The van der Waals surface area contributed by atoms with Crippen LogP contribution in [0.3, 0.4) is 0 Å². The number of carbonyl (C=O) groups excluding carboxylic acids is 2. The number of benzene rings is 2. The number of hydrogen-bond acceptors (Lipinski definition) is 5. The van der Waals surface area contributed by atoms with E-state index in [9.17, 15) is 9.59 Å². The fourth-order valence-corrected chi connectivity index (χ4v) is 2.51. The molecule has 0 saturated carbocycles. The SMILES string of the molecule is COc1cccc(NC(=O)COc2ccc(C(=O)NC(C)(CN)C(C)C)cc2)c1.Cl. The summed E-state index contributed by atoms with van der Waals surface area (Å²) in [5, 5.41) is 5.73. The molecule has 30 heavy (non-hydrogen) atoms. The van der Waals surface area contributed by atoms with E-state index in [-0.39, 0.29) is 36.7 Å². The van der Waals surface area contributed by atoms with Gasteiger partial charge in [-0.15, -0.1) is 12.4 Å². The summed E-state index contributed by atoms with van der Waals surface area (Å²) in [7, 11) is 1.56. The molecule has 0 radical (unpaired) electrons. The van der Waals surface area contributed by atoms with Crippen LogP contribution in [0.4, 0.5) is 5.69 Å². The van der Waals surface area contributed by atoms with Crippen molar-refractivity contribution in [2.45, 2.75) is 26.3 Å². The molecule has 0 aromatic heterocycles. The smallest absolute Gasteiger partial charge is 0.262 e. The molecule has 0 aliphatic rings. The molecule has 2 rings (SSSR count). The van der Waals surface area contributed by atoms with Gasteiger partial charge in [0.1, 0.15) is 11.5 Å². The fourth-order valence-electron chi connectivity index (χ4n) is 2.51. The van der Waals surface area contributed by atoms with Gasteiger partial charge in [-0.05, 0) is 49.2 Å². The lowest BCUT2D eigenvalue weighted by Gasteiger charge is -2.33. The van der Waals surface area contributed by atoms with Gasteiger partial charge in [-0.25, -0.2) is 0 Å². The number of hydrogen-bond donors (Lipinski definition) is 3. The highest BCUT2D eigenvalue weighted by Crippen LogP contribution is 2.18. The van der Waals surface area contributed by atoms with Crippen LogP contribution < -0.4 is 25.8 Å². The van der Waals surface area contributed by atoms with Crippen molar-refractivity contribution in [1.82, 2.24) is 5.32 Å². The van der Waals surface area contributed by atoms with Crippen LogP contribution in [0.1, 0.15) is 31.1 Å². The first-order valence-corrected chi connectivity index (χ1v) is 9.46. The van der Waals surface area contributed by atoms with Crippen molar-refractivity contribution in [2.24, 2.45) is 11.7 Å². The monoisotopic (exact) mass is 435 g/mol. The number of carbonyl (C=O) groups is 2. The summed E-state index contributed by atoms with van der Waals surface area (Å²) in [6.07, 6.45) is 0. The van der Waals surface area contributed by atoms with Crippen LogP contribution >= 0.6 is 12.4 Å². The Kier molecular flexibility index (Phi) is 9.62. The van der Waals surface area contributed by atoms with E-state index in [0.29, 0.717) is 29.3 Å². The van der Waals surface area contributed by atoms with E-state index in [0.717, 1.165) is 0 Å². The van der Waals surface area contributed by atoms with Gasteiger partial charge in [-0.1, -0.05) is 19.9 Å². The Bertz CT molecular complexity index is 843. The molecule has 1 unspecified atom stereocenters. The highest BCUT2D eigenvalue weighted by molar-refractivity contribution is 5.95. The fraction of sp³-hybridized carbons (Fsp3) is 0.364. The molecule has 0 bridgehead atoms. The van der Waals surface area contributed by atoms with E-state index in [1.165, 1.54) is 0 Å². The zero-order valence-electron chi connectivity index (χ0n) is 17.7. The van der Waals surface area contributed by atoms with Crippen molar-refractivity contribution in [1.29, 1.82) is 0 Å². The predicted molar refractivity (Wildman–Crippen MR) is 121 cm³/mol. The summed E-state index contributed by atoms with van der Waals surface area (Å²) in [5.41, 5.74) is 6.46. The van der Waals surface area contributed by atoms with Crippen LogP contribution in [0, 0.1) is 5.92 Å². The Morgan fingerprint density at radius 2 is 1.77 bits per heavy atom. The Morgan fingerprint density at radius 1 is 1.10 bits per heavy atom. The van der Waals surface area contributed by atoms with E-state index in [1.807, 2.05) is 20.8 Å². The number of halogens is 1. The van der Waals surface area contributed by atoms with Gasteiger partial charge >= 0.3 is 0 Å². The number of rotatable bonds is 9. The van der Waals surface area contributed by atoms with Gasteiger partial charge in [-0.3, -0.25) is 9.59 Å². The van der Waals surface area contributed by atoms with Gasteiger partial charge < -0.3 is 25.8 Å². The molecule has 2 aromatic carbocycles. The molecule has 4 N–H and O–H groups in total. The topological polar surface area (TPSA) is 103 Å². The summed E-state index contributed by atoms with van der Waals surface area (Å²) in [6, 6.07) is 13.7. The molecule has 7 nitrogen and oxygen atoms in total. The molecule has 1 atom stereocenters. The number of anilines is 1. The minimum Gasteiger partial charge on any atom is -0.497 e. The molecule has 164 valence electrons. The van der Waals surface area contributed by atoms with Gasteiger partial charge in [0.25, 0.3) is 11.8 Å².